The molecule has 2 heterocycles. The van der Waals surface area contributed by atoms with Gasteiger partial charge in [-0.1, -0.05) is 18.2 Å². The van der Waals surface area contributed by atoms with E-state index in [0.717, 1.165) is 80.3 Å². The number of guanidine groups is 1. The predicted octanol–water partition coefficient (Wildman–Crippen LogP) is 2.77. The van der Waals surface area contributed by atoms with E-state index in [9.17, 15) is 0 Å². The molecule has 0 bridgehead atoms. The summed E-state index contributed by atoms with van der Waals surface area (Å²) in [6, 6.07) is 8.15. The van der Waals surface area contributed by atoms with Crippen LogP contribution in [0.3, 0.4) is 0 Å². The van der Waals surface area contributed by atoms with Gasteiger partial charge in [-0.3, -0.25) is 4.90 Å². The Morgan fingerprint density at radius 3 is 2.77 bits per heavy atom. The summed E-state index contributed by atoms with van der Waals surface area (Å²) in [4.78, 5) is 13.0. The fourth-order valence-electron chi connectivity index (χ4n) is 3.32. The average Bonchev–Trinajstić information content (AvgIpc) is 3.10. The summed E-state index contributed by atoms with van der Waals surface area (Å²) >= 11 is 1.77. The number of aryl methyl sites for hydroxylation is 2. The average molecular weight is 446 g/mol. The highest BCUT2D eigenvalue weighted by molar-refractivity contribution is 7.11. The molecule has 0 aliphatic carbocycles. The highest BCUT2D eigenvalue weighted by Crippen LogP contribution is 2.19. The molecule has 170 valence electrons. The summed E-state index contributed by atoms with van der Waals surface area (Å²) in [5.41, 5.74) is 2.22. The van der Waals surface area contributed by atoms with Gasteiger partial charge in [0.25, 0.3) is 0 Å². The second-order valence-corrected chi connectivity index (χ2v) is 8.82. The van der Waals surface area contributed by atoms with Crippen molar-refractivity contribution in [3.8, 4) is 5.75 Å². The van der Waals surface area contributed by atoms with E-state index < -0.39 is 0 Å². The Labute approximate surface area is 189 Å². The van der Waals surface area contributed by atoms with Crippen molar-refractivity contribution in [2.45, 2.75) is 33.7 Å². The summed E-state index contributed by atoms with van der Waals surface area (Å²) in [6.45, 7) is 13.6. The Morgan fingerprint density at radius 2 is 2.03 bits per heavy atom. The van der Waals surface area contributed by atoms with Crippen molar-refractivity contribution >= 4 is 17.3 Å². The summed E-state index contributed by atoms with van der Waals surface area (Å²) in [6.07, 6.45) is 0.894. The molecule has 1 saturated heterocycles. The van der Waals surface area contributed by atoms with E-state index in [4.69, 9.17) is 14.5 Å². The second-order valence-electron chi connectivity index (χ2n) is 7.53. The number of benzene rings is 1. The molecule has 1 aliphatic heterocycles. The fraction of sp³-hybridized carbons (Fsp3) is 0.565. The molecule has 0 radical (unpaired) electrons. The van der Waals surface area contributed by atoms with Crippen molar-refractivity contribution in [1.29, 1.82) is 0 Å². The van der Waals surface area contributed by atoms with E-state index in [-0.39, 0.29) is 0 Å². The maximum Gasteiger partial charge on any atom is 0.191 e. The molecule has 0 saturated carbocycles. The lowest BCUT2D eigenvalue weighted by Crippen LogP contribution is -2.38. The third-order valence-electron chi connectivity index (χ3n) is 5.20. The Hall–Kier alpha value is -2.16. The molecular weight excluding hydrogens is 410 g/mol. The van der Waals surface area contributed by atoms with Crippen molar-refractivity contribution in [1.82, 2.24) is 20.5 Å². The van der Waals surface area contributed by atoms with Crippen molar-refractivity contribution in [2.24, 2.45) is 4.99 Å². The molecule has 3 rings (SSSR count). The van der Waals surface area contributed by atoms with Gasteiger partial charge in [0.2, 0.25) is 0 Å². The maximum atomic E-state index is 6.09. The highest BCUT2D eigenvalue weighted by atomic mass is 32.1. The number of hydrogen-bond donors (Lipinski definition) is 2. The standard InChI is InChI=1S/C23H35N5O2S/c1-4-24-23(25-10-9-22-27-18(2)19(3)31-22)26-17-20-7-5-6-8-21(20)30-16-13-28-11-14-29-15-12-28/h5-8H,4,9-17H2,1-3H3,(H2,24,25,26). The number of nitrogens with zero attached hydrogens (tertiary/aromatic N) is 3. The monoisotopic (exact) mass is 445 g/mol. The highest BCUT2D eigenvalue weighted by Gasteiger charge is 2.11. The molecule has 2 N–H and O–H groups in total. The normalized spacial score (nSPS) is 15.1. The first kappa shape index (κ1) is 23.5. The van der Waals surface area contributed by atoms with Crippen LogP contribution in [0.5, 0.6) is 5.75 Å². The Morgan fingerprint density at radius 1 is 1.23 bits per heavy atom. The van der Waals surface area contributed by atoms with Gasteiger partial charge in [0.1, 0.15) is 12.4 Å². The largest absolute Gasteiger partial charge is 0.492 e. The van der Waals surface area contributed by atoms with Crippen LogP contribution in [-0.2, 0) is 17.7 Å². The van der Waals surface area contributed by atoms with Gasteiger partial charge < -0.3 is 20.1 Å². The SMILES string of the molecule is CCNC(=NCc1ccccc1OCCN1CCOCC1)NCCc1nc(C)c(C)s1. The molecule has 1 aliphatic rings. The van der Waals surface area contributed by atoms with Gasteiger partial charge in [-0.25, -0.2) is 9.98 Å². The zero-order chi connectivity index (χ0) is 21.9. The van der Waals surface area contributed by atoms with Gasteiger partial charge in [0, 0.05) is 49.6 Å². The summed E-state index contributed by atoms with van der Waals surface area (Å²) in [7, 11) is 0. The van der Waals surface area contributed by atoms with Gasteiger partial charge in [0.05, 0.1) is 30.5 Å². The van der Waals surface area contributed by atoms with E-state index in [2.05, 4.69) is 47.4 Å². The Balaban J connectivity index is 1.50. The maximum absolute atomic E-state index is 6.09. The third kappa shape index (κ3) is 7.79. The van der Waals surface area contributed by atoms with E-state index in [1.807, 2.05) is 18.2 Å². The van der Waals surface area contributed by atoms with E-state index in [1.54, 1.807) is 11.3 Å². The van der Waals surface area contributed by atoms with Crippen molar-refractivity contribution in [3.05, 3.63) is 45.4 Å². The Kier molecular flexibility index (Phi) is 9.58. The van der Waals surface area contributed by atoms with Crippen LogP contribution in [0, 0.1) is 13.8 Å². The van der Waals surface area contributed by atoms with Gasteiger partial charge in [-0.2, -0.15) is 0 Å². The summed E-state index contributed by atoms with van der Waals surface area (Å²) in [5, 5.41) is 7.91. The summed E-state index contributed by atoms with van der Waals surface area (Å²) in [5.74, 6) is 1.72. The molecule has 1 aromatic heterocycles. The minimum atomic E-state index is 0.568. The lowest BCUT2D eigenvalue weighted by molar-refractivity contribution is 0.0322. The number of nitrogens with one attached hydrogen (secondary N) is 2. The Bertz CT molecular complexity index is 814. The number of morpholine rings is 1. The van der Waals surface area contributed by atoms with Crippen LogP contribution in [0.1, 0.15) is 28.1 Å². The zero-order valence-corrected chi connectivity index (χ0v) is 19.8. The van der Waals surface area contributed by atoms with E-state index >= 15 is 0 Å². The summed E-state index contributed by atoms with van der Waals surface area (Å²) < 4.78 is 11.5. The predicted molar refractivity (Wildman–Crippen MR) is 127 cm³/mol. The van der Waals surface area contributed by atoms with E-state index in [0.29, 0.717) is 13.2 Å². The molecule has 1 aromatic carbocycles. The molecular formula is C23H35N5O2S. The lowest BCUT2D eigenvalue weighted by Gasteiger charge is -2.26. The molecule has 1 fully saturated rings. The molecule has 0 unspecified atom stereocenters. The van der Waals surface area contributed by atoms with Crippen LogP contribution >= 0.6 is 11.3 Å². The molecule has 0 atom stereocenters. The molecule has 2 aromatic rings. The number of thiazole rings is 1. The lowest BCUT2D eigenvalue weighted by atomic mass is 10.2. The van der Waals surface area contributed by atoms with Crippen molar-refractivity contribution in [2.75, 3.05) is 52.5 Å². The quantitative estimate of drug-likeness (QED) is 0.433. The molecule has 0 spiro atoms. The van der Waals surface area contributed by atoms with Crippen LogP contribution < -0.4 is 15.4 Å². The zero-order valence-electron chi connectivity index (χ0n) is 18.9. The van der Waals surface area contributed by atoms with Crippen LogP contribution in [0.25, 0.3) is 0 Å². The van der Waals surface area contributed by atoms with Gasteiger partial charge >= 0.3 is 0 Å². The fourth-order valence-corrected chi connectivity index (χ4v) is 4.26. The molecule has 0 amide bonds. The third-order valence-corrected chi connectivity index (χ3v) is 6.33. The number of aromatic nitrogens is 1. The van der Waals surface area contributed by atoms with Crippen LogP contribution in [-0.4, -0.2) is 68.4 Å². The number of para-hydroxylation sites is 1. The van der Waals surface area contributed by atoms with Crippen LogP contribution in [0.2, 0.25) is 0 Å². The second kappa shape index (κ2) is 12.6. The minimum absolute atomic E-state index is 0.568. The van der Waals surface area contributed by atoms with Crippen LogP contribution in [0.4, 0.5) is 0 Å². The van der Waals surface area contributed by atoms with Gasteiger partial charge in [-0.05, 0) is 26.8 Å². The van der Waals surface area contributed by atoms with Crippen LogP contribution in [0.15, 0.2) is 29.3 Å². The topological polar surface area (TPSA) is 71.0 Å². The number of rotatable bonds is 10. The smallest absolute Gasteiger partial charge is 0.191 e. The first-order chi connectivity index (χ1) is 15.2. The van der Waals surface area contributed by atoms with Gasteiger partial charge in [0.15, 0.2) is 5.96 Å². The molecule has 7 nitrogen and oxygen atoms in total. The number of aliphatic imine (C=N–C) groups is 1. The van der Waals surface area contributed by atoms with Gasteiger partial charge in [-0.15, -0.1) is 11.3 Å². The number of ether oxygens (including phenoxy) is 2. The minimum Gasteiger partial charge on any atom is -0.492 e. The van der Waals surface area contributed by atoms with Crippen molar-refractivity contribution in [3.63, 3.8) is 0 Å². The molecule has 31 heavy (non-hydrogen) atoms. The van der Waals surface area contributed by atoms with Crippen molar-refractivity contribution < 1.29 is 9.47 Å². The molecule has 8 heteroatoms. The first-order valence-corrected chi connectivity index (χ1v) is 11.9. The van der Waals surface area contributed by atoms with E-state index in [1.165, 1.54) is 4.88 Å². The number of hydrogen-bond acceptors (Lipinski definition) is 6. The first-order valence-electron chi connectivity index (χ1n) is 11.1.